The molecular formula is C21H20FN7O2S. The second kappa shape index (κ2) is 8.61. The summed E-state index contributed by atoms with van der Waals surface area (Å²) in [7, 11) is 1.47. The van der Waals surface area contributed by atoms with Crippen LogP contribution in [0.15, 0.2) is 42.6 Å². The van der Waals surface area contributed by atoms with Gasteiger partial charge in [0.15, 0.2) is 23.9 Å². The molecule has 5 rings (SSSR count). The smallest absolute Gasteiger partial charge is 0.229 e. The van der Waals surface area contributed by atoms with Crippen LogP contribution in [0.3, 0.4) is 0 Å². The van der Waals surface area contributed by atoms with Crippen LogP contribution in [0.1, 0.15) is 11.4 Å². The van der Waals surface area contributed by atoms with Gasteiger partial charge in [0.05, 0.1) is 30.0 Å². The summed E-state index contributed by atoms with van der Waals surface area (Å²) < 4.78 is 21.4. The van der Waals surface area contributed by atoms with Crippen molar-refractivity contribution in [3.63, 3.8) is 0 Å². The minimum absolute atomic E-state index is 0.0906. The molecule has 32 heavy (non-hydrogen) atoms. The number of fused-ring (bicyclic) bond motifs is 2. The van der Waals surface area contributed by atoms with E-state index in [-0.39, 0.29) is 11.8 Å². The van der Waals surface area contributed by atoms with Crippen molar-refractivity contribution >= 4 is 52.1 Å². The van der Waals surface area contributed by atoms with E-state index in [2.05, 4.69) is 35.5 Å². The van der Waals surface area contributed by atoms with Crippen LogP contribution >= 0.6 is 12.2 Å². The van der Waals surface area contributed by atoms with E-state index in [1.807, 2.05) is 47.6 Å². The van der Waals surface area contributed by atoms with Crippen molar-refractivity contribution in [1.29, 1.82) is 0 Å². The summed E-state index contributed by atoms with van der Waals surface area (Å²) in [6.45, 7) is 2.69. The van der Waals surface area contributed by atoms with Crippen LogP contribution in [0.5, 0.6) is 0 Å². The maximum atomic E-state index is 14.4. The number of aromatic amines is 1. The van der Waals surface area contributed by atoms with Gasteiger partial charge >= 0.3 is 0 Å². The maximum Gasteiger partial charge on any atom is 0.229 e. The SMILES string of the molecule is COOSN1CCc2cc(Nc3nc(Nc4ccc5nc(C)[nH]c5c4)ncc3F)ccc21. The third-order valence-corrected chi connectivity index (χ3v) is 5.74. The summed E-state index contributed by atoms with van der Waals surface area (Å²) in [5, 5.41) is 6.17. The molecule has 0 spiro atoms. The molecule has 3 heterocycles. The highest BCUT2D eigenvalue weighted by molar-refractivity contribution is 7.96. The van der Waals surface area contributed by atoms with Gasteiger partial charge in [-0.1, -0.05) is 0 Å². The molecule has 0 saturated heterocycles. The Morgan fingerprint density at radius 1 is 1.12 bits per heavy atom. The molecule has 0 unspecified atom stereocenters. The average molecular weight is 454 g/mol. The number of H-pyrrole nitrogens is 1. The fraction of sp³-hybridized carbons (Fsp3) is 0.190. The van der Waals surface area contributed by atoms with E-state index in [1.54, 1.807) is 0 Å². The van der Waals surface area contributed by atoms with Gasteiger partial charge in [0, 0.05) is 17.9 Å². The standard InChI is InChI=1S/C21H20FN7O2S/c1-12-24-17-5-3-15(10-18(17)25-12)27-21-23-11-16(22)20(28-21)26-14-4-6-19-13(9-14)7-8-29(19)32-31-30-2/h3-6,9-11H,7-8H2,1-2H3,(H,24,25)(H2,23,26,27,28). The number of imidazole rings is 1. The van der Waals surface area contributed by atoms with Crippen LogP contribution in [0.25, 0.3) is 11.0 Å². The highest BCUT2D eigenvalue weighted by Gasteiger charge is 2.21. The molecule has 0 fully saturated rings. The van der Waals surface area contributed by atoms with Gasteiger partial charge in [-0.3, -0.25) is 4.31 Å². The van der Waals surface area contributed by atoms with Crippen molar-refractivity contribution in [3.05, 3.63) is 59.8 Å². The number of benzene rings is 2. The molecule has 4 aromatic rings. The fourth-order valence-corrected chi connectivity index (χ4v) is 4.15. The Bertz CT molecular complexity index is 1280. The van der Waals surface area contributed by atoms with Gasteiger partial charge in [-0.05, 0) is 55.3 Å². The van der Waals surface area contributed by atoms with Crippen molar-refractivity contribution in [2.75, 3.05) is 28.6 Å². The van der Waals surface area contributed by atoms with Crippen molar-refractivity contribution < 1.29 is 13.6 Å². The van der Waals surface area contributed by atoms with Gasteiger partial charge in [-0.2, -0.15) is 4.98 Å². The Morgan fingerprint density at radius 2 is 1.97 bits per heavy atom. The molecule has 0 saturated carbocycles. The Kier molecular flexibility index (Phi) is 5.52. The number of hydrogen-bond acceptors (Lipinski definition) is 9. The Hall–Kier alpha value is -3.41. The highest BCUT2D eigenvalue weighted by Crippen LogP contribution is 2.36. The van der Waals surface area contributed by atoms with E-state index in [9.17, 15) is 4.39 Å². The number of aromatic nitrogens is 4. The van der Waals surface area contributed by atoms with Crippen LogP contribution in [0.2, 0.25) is 0 Å². The predicted octanol–water partition coefficient (Wildman–Crippen LogP) is 4.79. The van der Waals surface area contributed by atoms with Crippen molar-refractivity contribution in [3.8, 4) is 0 Å². The number of rotatable bonds is 7. The summed E-state index contributed by atoms with van der Waals surface area (Å²) >= 11 is 1.14. The molecule has 0 radical (unpaired) electrons. The van der Waals surface area contributed by atoms with E-state index >= 15 is 0 Å². The zero-order valence-corrected chi connectivity index (χ0v) is 18.2. The average Bonchev–Trinajstić information content (AvgIpc) is 3.36. The second-order valence-corrected chi connectivity index (χ2v) is 7.93. The lowest BCUT2D eigenvalue weighted by Gasteiger charge is -2.15. The van der Waals surface area contributed by atoms with E-state index in [4.69, 9.17) is 4.33 Å². The Morgan fingerprint density at radius 3 is 2.84 bits per heavy atom. The molecule has 9 nitrogen and oxygen atoms in total. The monoisotopic (exact) mass is 453 g/mol. The molecular weight excluding hydrogens is 433 g/mol. The topological polar surface area (TPSA) is 100 Å². The molecule has 1 aliphatic rings. The van der Waals surface area contributed by atoms with Crippen LogP contribution in [0, 0.1) is 12.7 Å². The number of nitrogens with zero attached hydrogens (tertiary/aromatic N) is 4. The normalized spacial score (nSPS) is 12.9. The molecule has 1 aliphatic heterocycles. The lowest BCUT2D eigenvalue weighted by molar-refractivity contribution is -0.160. The zero-order valence-electron chi connectivity index (χ0n) is 17.3. The van der Waals surface area contributed by atoms with Crippen molar-refractivity contribution in [1.82, 2.24) is 19.9 Å². The molecule has 0 bridgehead atoms. The van der Waals surface area contributed by atoms with Gasteiger partial charge in [0.1, 0.15) is 5.82 Å². The first-order valence-corrected chi connectivity index (χ1v) is 10.6. The summed E-state index contributed by atoms with van der Waals surface area (Å²) in [5.74, 6) is 0.670. The summed E-state index contributed by atoms with van der Waals surface area (Å²) in [6, 6.07) is 11.5. The first-order chi connectivity index (χ1) is 15.6. The van der Waals surface area contributed by atoms with Crippen LogP contribution in [-0.4, -0.2) is 33.6 Å². The van der Waals surface area contributed by atoms with Crippen molar-refractivity contribution in [2.45, 2.75) is 13.3 Å². The van der Waals surface area contributed by atoms with Gasteiger partial charge in [-0.15, -0.1) is 4.33 Å². The van der Waals surface area contributed by atoms with Gasteiger partial charge < -0.3 is 15.6 Å². The minimum Gasteiger partial charge on any atom is -0.342 e. The van der Waals surface area contributed by atoms with Crippen LogP contribution in [-0.2, 0) is 15.6 Å². The molecule has 2 aromatic heterocycles. The van der Waals surface area contributed by atoms with E-state index in [0.717, 1.165) is 70.9 Å². The molecule has 2 aromatic carbocycles. The van der Waals surface area contributed by atoms with E-state index in [0.29, 0.717) is 0 Å². The predicted molar refractivity (Wildman–Crippen MR) is 123 cm³/mol. The van der Waals surface area contributed by atoms with Crippen molar-refractivity contribution in [2.24, 2.45) is 0 Å². The van der Waals surface area contributed by atoms with Crippen LogP contribution < -0.4 is 14.9 Å². The molecule has 11 heteroatoms. The van der Waals surface area contributed by atoms with Crippen LogP contribution in [0.4, 0.5) is 33.2 Å². The minimum atomic E-state index is -0.540. The number of halogens is 1. The maximum absolute atomic E-state index is 14.4. The third kappa shape index (κ3) is 4.17. The number of hydrogen-bond donors (Lipinski definition) is 3. The Balaban J connectivity index is 1.34. The molecule has 164 valence electrons. The Labute approximate surface area is 187 Å². The van der Waals surface area contributed by atoms with E-state index in [1.165, 1.54) is 7.11 Å². The number of anilines is 5. The summed E-state index contributed by atoms with van der Waals surface area (Å²) in [4.78, 5) is 20.6. The fourth-order valence-electron chi connectivity index (χ4n) is 3.59. The zero-order chi connectivity index (χ0) is 22.1. The first-order valence-electron chi connectivity index (χ1n) is 9.90. The van der Waals surface area contributed by atoms with Gasteiger partial charge in [-0.25, -0.2) is 19.2 Å². The lowest BCUT2D eigenvalue weighted by Crippen LogP contribution is -2.10. The summed E-state index contributed by atoms with van der Waals surface area (Å²) in [5.41, 5.74) is 5.44. The second-order valence-electron chi connectivity index (χ2n) is 7.20. The van der Waals surface area contributed by atoms with Gasteiger partial charge in [0.25, 0.3) is 0 Å². The quantitative estimate of drug-likeness (QED) is 0.158. The van der Waals surface area contributed by atoms with E-state index < -0.39 is 5.82 Å². The third-order valence-electron chi connectivity index (χ3n) is 4.98. The largest absolute Gasteiger partial charge is 0.342 e. The molecule has 0 atom stereocenters. The summed E-state index contributed by atoms with van der Waals surface area (Å²) in [6.07, 6.45) is 1.99. The lowest BCUT2D eigenvalue weighted by atomic mass is 10.1. The number of aryl methyl sites for hydroxylation is 1. The molecule has 0 amide bonds. The molecule has 3 N–H and O–H groups in total. The molecule has 0 aliphatic carbocycles. The first kappa shape index (κ1) is 20.5. The van der Waals surface area contributed by atoms with Gasteiger partial charge in [0.2, 0.25) is 5.95 Å². The highest BCUT2D eigenvalue weighted by atomic mass is 32.2. The number of nitrogens with one attached hydrogen (secondary N) is 3.